The molecule has 1 fully saturated rings. The molecule has 1 saturated carbocycles. The molecule has 0 amide bonds. The largest absolute Gasteiger partial charge is 0.385 e. The minimum Gasteiger partial charge on any atom is -0.385 e. The fourth-order valence-corrected chi connectivity index (χ4v) is 3.06. The van der Waals surface area contributed by atoms with Gasteiger partial charge in [-0.05, 0) is 37.5 Å². The molecule has 0 aliphatic heterocycles. The van der Waals surface area contributed by atoms with E-state index in [1.54, 1.807) is 7.11 Å². The van der Waals surface area contributed by atoms with Crippen molar-refractivity contribution in [3.05, 3.63) is 0 Å². The number of methoxy groups -OCH3 is 1. The smallest absolute Gasteiger partial charge is 0.0470 e. The summed E-state index contributed by atoms with van der Waals surface area (Å²) in [6.07, 6.45) is 8.47. The first-order chi connectivity index (χ1) is 7.93. The highest BCUT2D eigenvalue weighted by Crippen LogP contribution is 2.22. The third kappa shape index (κ3) is 7.53. The maximum atomic E-state index is 5.02. The van der Waals surface area contributed by atoms with Gasteiger partial charge in [-0.1, -0.05) is 19.3 Å². The van der Waals surface area contributed by atoms with Crippen molar-refractivity contribution in [2.45, 2.75) is 38.5 Å². The second kappa shape index (κ2) is 10.4. The van der Waals surface area contributed by atoms with Crippen LogP contribution in [0, 0.1) is 5.92 Å². The van der Waals surface area contributed by atoms with Gasteiger partial charge in [0.05, 0.1) is 0 Å². The number of hydrogen-bond acceptors (Lipinski definition) is 3. The molecular weight excluding hydrogens is 218 g/mol. The zero-order chi connectivity index (χ0) is 11.5. The van der Waals surface area contributed by atoms with E-state index in [1.807, 2.05) is 11.8 Å². The first kappa shape index (κ1) is 14.3. The SMILES string of the molecule is COCCCSCCNCC1CCCCC1. The minimum atomic E-state index is 0.905. The lowest BCUT2D eigenvalue weighted by atomic mass is 9.89. The van der Waals surface area contributed by atoms with Gasteiger partial charge < -0.3 is 10.1 Å². The van der Waals surface area contributed by atoms with Gasteiger partial charge in [0.25, 0.3) is 0 Å². The minimum absolute atomic E-state index is 0.905. The highest BCUT2D eigenvalue weighted by Gasteiger charge is 2.11. The van der Waals surface area contributed by atoms with E-state index in [2.05, 4.69) is 5.32 Å². The Morgan fingerprint density at radius 3 is 2.75 bits per heavy atom. The van der Waals surface area contributed by atoms with E-state index in [9.17, 15) is 0 Å². The molecule has 16 heavy (non-hydrogen) atoms. The van der Waals surface area contributed by atoms with Crippen molar-refractivity contribution < 1.29 is 4.74 Å². The highest BCUT2D eigenvalue weighted by molar-refractivity contribution is 7.99. The van der Waals surface area contributed by atoms with Crippen LogP contribution < -0.4 is 5.32 Å². The summed E-state index contributed by atoms with van der Waals surface area (Å²) >= 11 is 2.04. The Kier molecular flexibility index (Phi) is 9.34. The molecule has 0 heterocycles. The van der Waals surface area contributed by atoms with Crippen LogP contribution >= 0.6 is 11.8 Å². The van der Waals surface area contributed by atoms with E-state index in [1.165, 1.54) is 63.1 Å². The van der Waals surface area contributed by atoms with Crippen LogP contribution in [0.25, 0.3) is 0 Å². The molecule has 0 aromatic rings. The summed E-state index contributed by atoms with van der Waals surface area (Å²) in [6.45, 7) is 3.33. The molecule has 0 radical (unpaired) electrons. The molecule has 1 N–H and O–H groups in total. The van der Waals surface area contributed by atoms with Gasteiger partial charge in [-0.25, -0.2) is 0 Å². The van der Waals surface area contributed by atoms with Crippen LogP contribution in [0.5, 0.6) is 0 Å². The molecule has 1 aliphatic carbocycles. The summed E-state index contributed by atoms with van der Waals surface area (Å²) in [6, 6.07) is 0. The number of rotatable bonds is 9. The van der Waals surface area contributed by atoms with E-state index in [0.29, 0.717) is 0 Å². The highest BCUT2D eigenvalue weighted by atomic mass is 32.2. The predicted octanol–water partition coefficient (Wildman–Crippen LogP) is 2.93. The van der Waals surface area contributed by atoms with Crippen molar-refractivity contribution in [3.63, 3.8) is 0 Å². The fraction of sp³-hybridized carbons (Fsp3) is 1.00. The maximum absolute atomic E-state index is 5.02. The molecule has 3 heteroatoms. The van der Waals surface area contributed by atoms with Crippen molar-refractivity contribution in [1.29, 1.82) is 0 Å². The van der Waals surface area contributed by atoms with Gasteiger partial charge in [0.1, 0.15) is 0 Å². The molecule has 0 bridgehead atoms. The maximum Gasteiger partial charge on any atom is 0.0470 e. The normalized spacial score (nSPS) is 17.8. The number of thioether (sulfide) groups is 1. The monoisotopic (exact) mass is 245 g/mol. The van der Waals surface area contributed by atoms with Crippen molar-refractivity contribution in [1.82, 2.24) is 5.32 Å². The van der Waals surface area contributed by atoms with E-state index in [0.717, 1.165) is 12.5 Å². The van der Waals surface area contributed by atoms with Gasteiger partial charge in [-0.3, -0.25) is 0 Å². The van der Waals surface area contributed by atoms with Gasteiger partial charge in [-0.15, -0.1) is 0 Å². The van der Waals surface area contributed by atoms with Gasteiger partial charge in [0, 0.05) is 26.0 Å². The zero-order valence-electron chi connectivity index (χ0n) is 10.7. The Hall–Kier alpha value is 0.270. The van der Waals surface area contributed by atoms with Crippen molar-refractivity contribution in [2.75, 3.05) is 38.3 Å². The third-order valence-corrected chi connectivity index (χ3v) is 4.29. The Bertz CT molecular complexity index is 149. The summed E-state index contributed by atoms with van der Waals surface area (Å²) in [5, 5.41) is 3.59. The van der Waals surface area contributed by atoms with Crippen molar-refractivity contribution >= 4 is 11.8 Å². The molecule has 0 aromatic heterocycles. The van der Waals surface area contributed by atoms with Crippen molar-refractivity contribution in [2.24, 2.45) is 5.92 Å². The molecule has 1 rings (SSSR count). The van der Waals surface area contributed by atoms with E-state index < -0.39 is 0 Å². The summed E-state index contributed by atoms with van der Waals surface area (Å²) in [7, 11) is 1.77. The van der Waals surface area contributed by atoms with Crippen LogP contribution in [0.1, 0.15) is 38.5 Å². The van der Waals surface area contributed by atoms with Gasteiger partial charge in [0.15, 0.2) is 0 Å². The van der Waals surface area contributed by atoms with Crippen LogP contribution in [-0.4, -0.2) is 38.3 Å². The standard InChI is InChI=1S/C13H27NOS/c1-15-9-5-10-16-11-8-14-12-13-6-3-2-4-7-13/h13-14H,2-12H2,1H3. The molecular formula is C13H27NOS. The molecule has 0 spiro atoms. The average Bonchev–Trinajstić information content (AvgIpc) is 2.34. The van der Waals surface area contributed by atoms with Gasteiger partial charge >= 0.3 is 0 Å². The lowest BCUT2D eigenvalue weighted by molar-refractivity contribution is 0.200. The Morgan fingerprint density at radius 2 is 2.00 bits per heavy atom. The Morgan fingerprint density at radius 1 is 1.19 bits per heavy atom. The van der Waals surface area contributed by atoms with Crippen molar-refractivity contribution in [3.8, 4) is 0 Å². The van der Waals surface area contributed by atoms with Crippen LogP contribution in [0.4, 0.5) is 0 Å². The first-order valence-electron chi connectivity index (χ1n) is 6.71. The van der Waals surface area contributed by atoms with E-state index in [4.69, 9.17) is 4.74 Å². The second-order valence-electron chi connectivity index (χ2n) is 4.67. The van der Waals surface area contributed by atoms with Crippen LogP contribution in [0.3, 0.4) is 0 Å². The summed E-state index contributed by atoms with van der Waals surface area (Å²) < 4.78 is 5.02. The zero-order valence-corrected chi connectivity index (χ0v) is 11.5. The van der Waals surface area contributed by atoms with Gasteiger partial charge in [-0.2, -0.15) is 11.8 Å². The molecule has 2 nitrogen and oxygen atoms in total. The second-order valence-corrected chi connectivity index (χ2v) is 5.89. The number of nitrogens with one attached hydrogen (secondary N) is 1. The number of ether oxygens (including phenoxy) is 1. The molecule has 0 unspecified atom stereocenters. The fourth-order valence-electron chi connectivity index (χ4n) is 2.25. The van der Waals surface area contributed by atoms with Gasteiger partial charge in [0.2, 0.25) is 0 Å². The summed E-state index contributed by atoms with van der Waals surface area (Å²) in [5.74, 6) is 3.45. The number of hydrogen-bond donors (Lipinski definition) is 1. The molecule has 1 aliphatic rings. The quantitative estimate of drug-likeness (QED) is 0.631. The van der Waals surface area contributed by atoms with E-state index >= 15 is 0 Å². The lowest BCUT2D eigenvalue weighted by Gasteiger charge is -2.21. The molecule has 0 aromatic carbocycles. The third-order valence-electron chi connectivity index (χ3n) is 3.22. The van der Waals surface area contributed by atoms with Crippen LogP contribution in [-0.2, 0) is 4.74 Å². The van der Waals surface area contributed by atoms with Crippen LogP contribution in [0.2, 0.25) is 0 Å². The van der Waals surface area contributed by atoms with Crippen LogP contribution in [0.15, 0.2) is 0 Å². The molecule has 0 saturated heterocycles. The first-order valence-corrected chi connectivity index (χ1v) is 7.86. The summed E-state index contributed by atoms with van der Waals surface area (Å²) in [5.41, 5.74) is 0. The average molecular weight is 245 g/mol. The Balaban J connectivity index is 1.77. The molecule has 0 atom stereocenters. The molecule has 96 valence electrons. The lowest BCUT2D eigenvalue weighted by Crippen LogP contribution is -2.26. The topological polar surface area (TPSA) is 21.3 Å². The Labute approximate surface area is 105 Å². The van der Waals surface area contributed by atoms with E-state index in [-0.39, 0.29) is 0 Å². The predicted molar refractivity (Wildman–Crippen MR) is 73.3 cm³/mol. The summed E-state index contributed by atoms with van der Waals surface area (Å²) in [4.78, 5) is 0.